The molecule has 0 bridgehead atoms. The molecule has 6 heteroatoms. The molecule has 0 aliphatic carbocycles. The SMILES string of the molecule is CCCCC(=O)N1CCC(N(C)Cc2cccc(C(F)(F)F)c2)CC1. The Morgan fingerprint density at radius 2 is 1.96 bits per heavy atom. The van der Waals surface area contributed by atoms with E-state index in [1.54, 1.807) is 6.07 Å². The van der Waals surface area contributed by atoms with Gasteiger partial charge in [0.05, 0.1) is 5.56 Å². The van der Waals surface area contributed by atoms with E-state index in [-0.39, 0.29) is 5.91 Å². The summed E-state index contributed by atoms with van der Waals surface area (Å²) in [6, 6.07) is 5.81. The number of alkyl halides is 3. The zero-order valence-corrected chi connectivity index (χ0v) is 15.0. The topological polar surface area (TPSA) is 23.6 Å². The number of amides is 1. The van der Waals surface area contributed by atoms with Crippen LogP contribution in [0.25, 0.3) is 0 Å². The summed E-state index contributed by atoms with van der Waals surface area (Å²) in [5, 5.41) is 0. The zero-order valence-electron chi connectivity index (χ0n) is 15.0. The van der Waals surface area contributed by atoms with E-state index in [4.69, 9.17) is 0 Å². The van der Waals surface area contributed by atoms with Crippen molar-refractivity contribution >= 4 is 5.91 Å². The summed E-state index contributed by atoms with van der Waals surface area (Å²) >= 11 is 0. The van der Waals surface area contributed by atoms with Gasteiger partial charge in [-0.3, -0.25) is 9.69 Å². The minimum absolute atomic E-state index is 0.223. The van der Waals surface area contributed by atoms with Crippen LogP contribution in [0.15, 0.2) is 24.3 Å². The van der Waals surface area contributed by atoms with Crippen LogP contribution in [0.1, 0.15) is 50.2 Å². The number of benzene rings is 1. The Hall–Kier alpha value is -1.56. The summed E-state index contributed by atoms with van der Waals surface area (Å²) in [5.41, 5.74) is 0.0634. The molecule has 1 aliphatic rings. The van der Waals surface area contributed by atoms with E-state index in [9.17, 15) is 18.0 Å². The number of halogens is 3. The minimum atomic E-state index is -4.31. The molecule has 0 unspecified atom stereocenters. The number of unbranched alkanes of at least 4 members (excludes halogenated alkanes) is 1. The molecule has 3 nitrogen and oxygen atoms in total. The number of hydrogen-bond acceptors (Lipinski definition) is 2. The molecule has 0 spiro atoms. The van der Waals surface area contributed by atoms with E-state index < -0.39 is 11.7 Å². The van der Waals surface area contributed by atoms with Crippen molar-refractivity contribution in [3.63, 3.8) is 0 Å². The van der Waals surface area contributed by atoms with Gasteiger partial charge in [0, 0.05) is 32.1 Å². The van der Waals surface area contributed by atoms with Crippen molar-refractivity contribution in [3.05, 3.63) is 35.4 Å². The van der Waals surface area contributed by atoms with Crippen molar-refractivity contribution in [2.45, 2.75) is 57.8 Å². The molecule has 0 radical (unpaired) electrons. The maximum absolute atomic E-state index is 12.8. The van der Waals surface area contributed by atoms with Crippen LogP contribution in [-0.2, 0) is 17.5 Å². The van der Waals surface area contributed by atoms with E-state index in [1.807, 2.05) is 11.9 Å². The quantitative estimate of drug-likeness (QED) is 0.758. The summed E-state index contributed by atoms with van der Waals surface area (Å²) in [7, 11) is 1.94. The third-order valence-electron chi connectivity index (χ3n) is 4.87. The normalized spacial score (nSPS) is 16.5. The van der Waals surface area contributed by atoms with Crippen LogP contribution in [-0.4, -0.2) is 41.9 Å². The predicted molar refractivity (Wildman–Crippen MR) is 92.0 cm³/mol. The maximum atomic E-state index is 12.8. The second-order valence-electron chi connectivity index (χ2n) is 6.83. The molecule has 2 rings (SSSR count). The molecule has 1 aromatic rings. The van der Waals surface area contributed by atoms with Crippen LogP contribution >= 0.6 is 0 Å². The fraction of sp³-hybridized carbons (Fsp3) is 0.632. The smallest absolute Gasteiger partial charge is 0.343 e. The zero-order chi connectivity index (χ0) is 18.4. The number of carbonyl (C=O) groups is 1. The Bertz CT molecular complexity index is 566. The fourth-order valence-electron chi connectivity index (χ4n) is 3.31. The highest BCUT2D eigenvalue weighted by molar-refractivity contribution is 5.76. The Morgan fingerprint density at radius 1 is 1.28 bits per heavy atom. The lowest BCUT2D eigenvalue weighted by atomic mass is 10.0. The molecule has 1 heterocycles. The summed E-state index contributed by atoms with van der Waals surface area (Å²) in [4.78, 5) is 16.1. The molecule has 1 aliphatic heterocycles. The van der Waals surface area contributed by atoms with E-state index in [0.29, 0.717) is 24.6 Å². The summed E-state index contributed by atoms with van der Waals surface area (Å²) in [6.45, 7) is 4.03. The van der Waals surface area contributed by atoms with Crippen molar-refractivity contribution in [1.82, 2.24) is 9.80 Å². The van der Waals surface area contributed by atoms with E-state index in [1.165, 1.54) is 12.1 Å². The van der Waals surface area contributed by atoms with Crippen molar-refractivity contribution < 1.29 is 18.0 Å². The van der Waals surface area contributed by atoms with Gasteiger partial charge in [0.2, 0.25) is 5.91 Å². The van der Waals surface area contributed by atoms with Crippen LogP contribution in [0, 0.1) is 0 Å². The maximum Gasteiger partial charge on any atom is 0.416 e. The molecule has 0 saturated carbocycles. The molecule has 0 aromatic heterocycles. The molecule has 0 N–H and O–H groups in total. The van der Waals surface area contributed by atoms with Gasteiger partial charge in [0.1, 0.15) is 0 Å². The van der Waals surface area contributed by atoms with Crippen LogP contribution in [0.5, 0.6) is 0 Å². The molecular weight excluding hydrogens is 329 g/mol. The highest BCUT2D eigenvalue weighted by atomic mass is 19.4. The number of carbonyl (C=O) groups excluding carboxylic acids is 1. The molecule has 1 saturated heterocycles. The van der Waals surface area contributed by atoms with Gasteiger partial charge in [-0.1, -0.05) is 31.5 Å². The summed E-state index contributed by atoms with van der Waals surface area (Å²) < 4.78 is 38.4. The van der Waals surface area contributed by atoms with Crippen molar-refractivity contribution in [1.29, 1.82) is 0 Å². The van der Waals surface area contributed by atoms with Crippen molar-refractivity contribution in [3.8, 4) is 0 Å². The van der Waals surface area contributed by atoms with E-state index in [2.05, 4.69) is 11.8 Å². The molecule has 1 fully saturated rings. The largest absolute Gasteiger partial charge is 0.416 e. The average molecular weight is 356 g/mol. The number of nitrogens with zero attached hydrogens (tertiary/aromatic N) is 2. The van der Waals surface area contributed by atoms with Crippen LogP contribution in [0.3, 0.4) is 0 Å². The van der Waals surface area contributed by atoms with Gasteiger partial charge in [-0.05, 0) is 37.9 Å². The van der Waals surface area contributed by atoms with Crippen LogP contribution in [0.4, 0.5) is 13.2 Å². The lowest BCUT2D eigenvalue weighted by molar-refractivity contribution is -0.137. The van der Waals surface area contributed by atoms with Gasteiger partial charge in [-0.2, -0.15) is 13.2 Å². The van der Waals surface area contributed by atoms with Crippen LogP contribution in [0.2, 0.25) is 0 Å². The first kappa shape index (κ1) is 19.8. The Labute approximate surface area is 147 Å². The van der Waals surface area contributed by atoms with Crippen LogP contribution < -0.4 is 0 Å². The number of piperidine rings is 1. The average Bonchev–Trinajstić information content (AvgIpc) is 2.59. The van der Waals surface area contributed by atoms with E-state index in [0.717, 1.165) is 44.8 Å². The van der Waals surface area contributed by atoms with Gasteiger partial charge in [0.25, 0.3) is 0 Å². The highest BCUT2D eigenvalue weighted by Crippen LogP contribution is 2.30. The standard InChI is InChI=1S/C19H27F3N2O/c1-3-4-8-18(25)24-11-9-17(10-12-24)23(2)14-15-6-5-7-16(13-15)19(20,21)22/h5-7,13,17H,3-4,8-12,14H2,1-2H3. The first-order valence-corrected chi connectivity index (χ1v) is 8.95. The van der Waals surface area contributed by atoms with Gasteiger partial charge >= 0.3 is 6.18 Å². The molecule has 1 amide bonds. The summed E-state index contributed by atoms with van der Waals surface area (Å²) in [5.74, 6) is 0.223. The fourth-order valence-corrected chi connectivity index (χ4v) is 3.31. The lowest BCUT2D eigenvalue weighted by Gasteiger charge is -2.37. The molecule has 1 aromatic carbocycles. The van der Waals surface area contributed by atoms with Crippen molar-refractivity contribution in [2.24, 2.45) is 0 Å². The third-order valence-corrected chi connectivity index (χ3v) is 4.87. The Morgan fingerprint density at radius 3 is 2.56 bits per heavy atom. The predicted octanol–water partition coefficient (Wildman–Crippen LogP) is 4.32. The third kappa shape index (κ3) is 5.73. The molecule has 0 atom stereocenters. The second kappa shape index (κ2) is 8.70. The monoisotopic (exact) mass is 356 g/mol. The van der Waals surface area contributed by atoms with Gasteiger partial charge in [-0.25, -0.2) is 0 Å². The highest BCUT2D eigenvalue weighted by Gasteiger charge is 2.30. The van der Waals surface area contributed by atoms with E-state index >= 15 is 0 Å². The molecule has 25 heavy (non-hydrogen) atoms. The number of likely N-dealkylation sites (tertiary alicyclic amines) is 1. The van der Waals surface area contributed by atoms with Gasteiger partial charge < -0.3 is 4.90 Å². The number of rotatable bonds is 6. The first-order valence-electron chi connectivity index (χ1n) is 8.95. The van der Waals surface area contributed by atoms with Gasteiger partial charge in [0.15, 0.2) is 0 Å². The molecular formula is C19H27F3N2O. The second-order valence-corrected chi connectivity index (χ2v) is 6.83. The minimum Gasteiger partial charge on any atom is -0.343 e. The first-order chi connectivity index (χ1) is 11.8. The Kier molecular flexibility index (Phi) is 6.87. The van der Waals surface area contributed by atoms with Gasteiger partial charge in [-0.15, -0.1) is 0 Å². The number of hydrogen-bond donors (Lipinski definition) is 0. The molecule has 140 valence electrons. The lowest BCUT2D eigenvalue weighted by Crippen LogP contribution is -2.45. The van der Waals surface area contributed by atoms with Crippen molar-refractivity contribution in [2.75, 3.05) is 20.1 Å². The Balaban J connectivity index is 1.87. The summed E-state index contributed by atoms with van der Waals surface area (Å²) in [6.07, 6.45) is -0.0171.